The largest absolute Gasteiger partial charge is 0.397 e. The summed E-state index contributed by atoms with van der Waals surface area (Å²) >= 11 is 0. The molecule has 22 heterocycles. The molecule has 18 N–H and O–H groups in total. The summed E-state index contributed by atoms with van der Waals surface area (Å²) in [5, 5.41) is 0. The fourth-order valence-corrected chi connectivity index (χ4v) is 20.2. The third-order valence-electron chi connectivity index (χ3n) is 16.4. The zero-order valence-electron chi connectivity index (χ0n) is 63.9. The van der Waals surface area contributed by atoms with E-state index in [-0.39, 0.29) is 0 Å². The van der Waals surface area contributed by atoms with Gasteiger partial charge in [-0.05, 0) is 0 Å². The Morgan fingerprint density at radius 3 is 0.297 bits per heavy atom. The number of rotatable bonds is 42. The summed E-state index contributed by atoms with van der Waals surface area (Å²) in [6.45, 7) is -15.9. The van der Waals surface area contributed by atoms with Crippen LogP contribution in [0.3, 0.4) is 0 Å². The first-order valence-corrected chi connectivity index (χ1v) is 57.5. The van der Waals surface area contributed by atoms with Crippen molar-refractivity contribution < 1.29 is 366 Å². The molecular weight excluding hydrogens is 2350 g/mol. The molecule has 0 amide bonds. The van der Waals surface area contributed by atoms with Crippen LogP contribution in [-0.4, -0.2) is 457 Å². The maximum Gasteiger partial charge on any atom is 0.397 e. The Morgan fingerprint density at radius 1 is 0.130 bits per heavy atom. The second-order valence-corrected chi connectivity index (χ2v) is 45.1. The molecule has 0 radical (unpaired) electrons. The highest BCUT2D eigenvalue weighted by atomic mass is 32.3. The van der Waals surface area contributed by atoms with Gasteiger partial charge in [-0.15, -0.1) is 0 Å². The highest BCUT2D eigenvalue weighted by Crippen LogP contribution is 2.46. The van der Waals surface area contributed by atoms with E-state index in [0.29, 0.717) is 0 Å². The normalized spacial score (nSPS) is 34.8. The van der Waals surface area contributed by atoms with Gasteiger partial charge in [-0.25, -0.2) is 75.3 Å². The van der Waals surface area contributed by atoms with Gasteiger partial charge in [0, 0.05) is 0 Å². The molecular formula is C36H60O84S18. The number of hydrogen-bond acceptors (Lipinski definition) is 66. The molecule has 0 aromatic rings. The molecule has 138 heavy (non-hydrogen) atoms. The Kier molecular flexibility index (Phi) is 39.4. The second-order valence-electron chi connectivity index (χ2n) is 26.0. The Labute approximate surface area is 771 Å². The van der Waals surface area contributed by atoms with E-state index in [9.17, 15) is 233 Å². The molecule has 0 aromatic carbocycles. The van der Waals surface area contributed by atoms with Crippen LogP contribution in [0.2, 0.25) is 0 Å². The minimum atomic E-state index is -7.08. The molecule has 0 aromatic heterocycles. The monoisotopic (exact) mass is 2410 g/mol. The van der Waals surface area contributed by atoms with Gasteiger partial charge in [0.1, 0.15) is 110 Å². The Balaban J connectivity index is 1.80. The summed E-state index contributed by atoms with van der Waals surface area (Å²) in [6.07, 6.45) is -123. The lowest BCUT2D eigenvalue weighted by Gasteiger charge is -2.52. The molecule has 0 aliphatic carbocycles. The zero-order valence-corrected chi connectivity index (χ0v) is 78.6. The molecule has 0 spiro atoms. The summed E-state index contributed by atoms with van der Waals surface area (Å²) in [6, 6.07) is 0. The molecule has 84 nitrogen and oxygen atoms in total. The van der Waals surface area contributed by atoms with Gasteiger partial charge >= 0.3 is 187 Å². The van der Waals surface area contributed by atoms with E-state index in [1.807, 2.05) is 0 Å². The molecule has 102 heteroatoms. The van der Waals surface area contributed by atoms with Crippen molar-refractivity contribution in [1.82, 2.24) is 0 Å². The first kappa shape index (κ1) is 122. The van der Waals surface area contributed by atoms with Crippen molar-refractivity contribution in [2.75, 3.05) is 39.6 Å². The van der Waals surface area contributed by atoms with E-state index in [2.05, 4.69) is 75.3 Å². The summed E-state index contributed by atoms with van der Waals surface area (Å²) < 4.78 is 793. The fraction of sp³-hybridized carbons (Fsp3) is 1.00. The van der Waals surface area contributed by atoms with E-state index in [1.165, 1.54) is 0 Å². The van der Waals surface area contributed by atoms with Gasteiger partial charge in [0.05, 0.1) is 39.6 Å². The SMILES string of the molecule is O=S(=O)(O)OC[C@H]1O[C@@H]2O[C@H]3[C@H](OS(=O)(=O)O)[C@@H](OS(=O)(=O)O)[C@@H](O[C@H]4[C@H](OS(=O)(=O)O)[C@@H](OS(=O)(=O)O)[C@@H](O[C@H]5[C@H](OS(=O)(=O)O)[C@@H](OS(=O)(=O)O)[C@@H](O[C@H]6[C@H](OS(=O)(=O)O)[C@@H](OS(=O)(=O)O)[C@@H](O[C@H]7[C@H](OS(=O)(=O)O)[C@@H](OS(=O)(=O)O)[C@@H](O[C@H]1[C@H](OS(=O)(=O)O)[C@H]2OS(=O)(=O)O)O[C@@H]7COS(=O)(=O)O)O[C@@H]6COS(=O)(=O)O)O[C@@H]5COS(=O)(=O)O)O[C@@H]4COS(=O)(=O)O)O[C@@H]3COS(=O)(=O)O. The van der Waals surface area contributed by atoms with Crippen molar-refractivity contribution in [2.45, 2.75) is 184 Å². The van der Waals surface area contributed by atoms with Crippen LogP contribution >= 0.6 is 0 Å². The molecule has 30 atom stereocenters. The molecule has 816 valence electrons. The van der Waals surface area contributed by atoms with Crippen LogP contribution in [0.4, 0.5) is 0 Å². The summed E-state index contributed by atoms with van der Waals surface area (Å²) in [5.41, 5.74) is 0. The molecule has 22 aliphatic rings. The minimum Gasteiger partial charge on any atom is -0.341 e. The number of hydrogen-bond donors (Lipinski definition) is 18. The summed E-state index contributed by atoms with van der Waals surface area (Å²) in [7, 11) is -124. The Hall–Kier alpha value is -2.82. The summed E-state index contributed by atoms with van der Waals surface area (Å²) in [4.78, 5) is 0. The Bertz CT molecular complexity index is 5530. The van der Waals surface area contributed by atoms with Crippen molar-refractivity contribution in [3.8, 4) is 0 Å². The predicted molar refractivity (Wildman–Crippen MR) is 383 cm³/mol. The van der Waals surface area contributed by atoms with Gasteiger partial charge in [0.25, 0.3) is 0 Å². The second kappa shape index (κ2) is 44.5. The smallest absolute Gasteiger partial charge is 0.341 e. The van der Waals surface area contributed by atoms with E-state index in [4.69, 9.17) is 56.8 Å². The highest BCUT2D eigenvalue weighted by molar-refractivity contribution is 7.84. The van der Waals surface area contributed by atoms with Crippen LogP contribution in [0, 0.1) is 0 Å². The van der Waals surface area contributed by atoms with Gasteiger partial charge in [-0.2, -0.15) is 152 Å². The predicted octanol–water partition coefficient (Wildman–Crippen LogP) is -16.2. The first-order valence-electron chi connectivity index (χ1n) is 33.0. The summed E-state index contributed by atoms with van der Waals surface area (Å²) in [5.74, 6) is 0. The molecule has 22 saturated heterocycles. The van der Waals surface area contributed by atoms with Crippen molar-refractivity contribution >= 4 is 187 Å². The van der Waals surface area contributed by atoms with Gasteiger partial charge in [0.15, 0.2) is 74.4 Å². The van der Waals surface area contributed by atoms with E-state index in [1.54, 1.807) is 0 Å². The average molecular weight is 2410 g/mol. The van der Waals surface area contributed by atoms with E-state index >= 15 is 0 Å². The van der Waals surface area contributed by atoms with Crippen molar-refractivity contribution in [1.29, 1.82) is 0 Å². The molecule has 12 bridgehead atoms. The van der Waals surface area contributed by atoms with Crippen molar-refractivity contribution in [2.24, 2.45) is 0 Å². The lowest BCUT2D eigenvalue weighted by atomic mass is 9.94. The quantitative estimate of drug-likeness (QED) is 0.0252. The molecule has 22 rings (SSSR count). The van der Waals surface area contributed by atoms with Crippen molar-refractivity contribution in [3.63, 3.8) is 0 Å². The van der Waals surface area contributed by atoms with Gasteiger partial charge < -0.3 is 56.8 Å². The fourth-order valence-electron chi connectivity index (χ4n) is 12.5. The molecule has 22 fully saturated rings. The van der Waals surface area contributed by atoms with E-state index in [0.717, 1.165) is 0 Å². The van der Waals surface area contributed by atoms with Crippen LogP contribution in [0.5, 0.6) is 0 Å². The van der Waals surface area contributed by atoms with Crippen LogP contribution in [0.15, 0.2) is 0 Å². The lowest BCUT2D eigenvalue weighted by Crippen LogP contribution is -2.71. The minimum absolute atomic E-state index is 2.65. The zero-order chi connectivity index (χ0) is 106. The van der Waals surface area contributed by atoms with Crippen LogP contribution in [0.1, 0.15) is 0 Å². The molecule has 0 saturated carbocycles. The lowest BCUT2D eigenvalue weighted by molar-refractivity contribution is -0.395. The van der Waals surface area contributed by atoms with Crippen LogP contribution in [-0.2, 0) is 319 Å². The van der Waals surface area contributed by atoms with Gasteiger partial charge in [-0.1, -0.05) is 0 Å². The molecule has 22 aliphatic heterocycles. The third kappa shape index (κ3) is 41.4. The highest BCUT2D eigenvalue weighted by Gasteiger charge is 2.67. The third-order valence-corrected chi connectivity index (χ3v) is 24.6. The number of ether oxygens (including phenoxy) is 12. The standard InChI is InChI=1S/C36H60O84S18/c37-121(38,39)91-1-7-13-19(109-127(55,56)57)25(115-133(73,74)75)31(97-7)104-14-8(2-92-122(40,41)42)99-33(27(117-135(79,80)81)20(14)110-128(58,59)60)106-16-10(4-94-124(46,47)48)101-35(29(119-137(85,86)87)22(16)112-130(64,65)66)108-18-12(6-96-126(52,53)54)102-36(30(120-138(88,89)90)24(18)114-132(70,71)72)107-17-11(5-95-125(49,50)51)100-34(28(118-136(82,83)84)23(17)113-131(67,68)69)105-15-9(3-93-123(43,44)45)98-32(103-13)26(116-134(76,77)78)21(15)111-129(61,62)63/h7-36H,1-6H2,(H,37,38,39)(H,40,41,42)(H,43,44,45)(H,46,47,48)(H,49,50,51)(H,52,53,54)(H,55,56,57)(H,58,59,60)(H,61,62,63)(H,64,65,66)(H,67,68,69)(H,70,71,72)(H,73,74,75)(H,76,77,78)(H,79,80,81)(H,82,83,84)(H,85,86,87)(H,88,89,90)/t7-,8-,9-,10-,11-,12-,13-,14-,15-,16-,17-,18-,19+,20+,21+,22+,23+,24+,25-,26-,27-,28-,29-,30-,31-,32-,33-,34-,35-,36-/m1/s1. The van der Waals surface area contributed by atoms with Gasteiger partial charge in [0.2, 0.25) is 0 Å². The van der Waals surface area contributed by atoms with Crippen molar-refractivity contribution in [3.05, 3.63) is 0 Å². The maximum atomic E-state index is 13.2. The van der Waals surface area contributed by atoms with Crippen LogP contribution < -0.4 is 0 Å². The maximum absolute atomic E-state index is 13.2. The Morgan fingerprint density at radius 2 is 0.217 bits per heavy atom. The van der Waals surface area contributed by atoms with Gasteiger partial charge in [-0.3, -0.25) is 81.9 Å². The molecule has 0 unspecified atom stereocenters. The topological polar surface area (TPSA) is 1260 Å². The van der Waals surface area contributed by atoms with E-state index < -0.39 is 411 Å². The first-order chi connectivity index (χ1) is 61.5. The van der Waals surface area contributed by atoms with Crippen LogP contribution in [0.25, 0.3) is 0 Å². The average Bonchev–Trinajstić information content (AvgIpc) is 0.679.